The Labute approximate surface area is 185 Å². The molecule has 4 rings (SSSR count). The molecule has 1 heterocycles. The molecule has 1 amide bonds. The Bertz CT molecular complexity index is 1330. The number of nitriles is 1. The molecule has 0 fully saturated rings. The lowest BCUT2D eigenvalue weighted by Crippen LogP contribution is -2.19. The number of aromatic nitrogens is 1. The van der Waals surface area contributed by atoms with Crippen molar-refractivity contribution in [1.29, 1.82) is 5.26 Å². The first kappa shape index (κ1) is 20.9. The maximum atomic E-state index is 13.2. The molecule has 158 valence electrons. The summed E-state index contributed by atoms with van der Waals surface area (Å²) in [7, 11) is 0. The van der Waals surface area contributed by atoms with Crippen LogP contribution in [0.4, 0.5) is 5.69 Å². The number of nitrogens with one attached hydrogen (secondary N) is 1. The van der Waals surface area contributed by atoms with Crippen molar-refractivity contribution in [3.05, 3.63) is 101 Å². The summed E-state index contributed by atoms with van der Waals surface area (Å²) in [5.41, 5.74) is 2.89. The summed E-state index contributed by atoms with van der Waals surface area (Å²) in [6.07, 6.45) is 1.73. The average molecular weight is 423 g/mol. The quantitative estimate of drug-likeness (QED) is 0.432. The SMILES string of the molecule is N#Cc1ccc(NC(=O)c2cc3ccccc3n2CCCc2ccccc2)c(C(=O)O)c1. The number of fused-ring (bicyclic) bond motifs is 1. The second-order valence-corrected chi connectivity index (χ2v) is 7.46. The Morgan fingerprint density at radius 1 is 0.969 bits per heavy atom. The summed E-state index contributed by atoms with van der Waals surface area (Å²) in [6.45, 7) is 0.643. The Hall–Kier alpha value is -4.37. The first-order valence-corrected chi connectivity index (χ1v) is 10.3. The van der Waals surface area contributed by atoms with Gasteiger partial charge in [-0.2, -0.15) is 5.26 Å². The number of para-hydroxylation sites is 1. The maximum absolute atomic E-state index is 13.2. The van der Waals surface area contributed by atoms with E-state index < -0.39 is 11.9 Å². The number of carbonyl (C=O) groups is 2. The molecule has 0 bridgehead atoms. The van der Waals surface area contributed by atoms with E-state index >= 15 is 0 Å². The lowest BCUT2D eigenvalue weighted by atomic mass is 10.1. The third kappa shape index (κ3) is 4.37. The Morgan fingerprint density at radius 2 is 1.72 bits per heavy atom. The highest BCUT2D eigenvalue weighted by Gasteiger charge is 2.19. The van der Waals surface area contributed by atoms with Gasteiger partial charge in [-0.05, 0) is 48.7 Å². The number of carbonyl (C=O) groups excluding carboxylic acids is 1. The number of rotatable bonds is 7. The smallest absolute Gasteiger partial charge is 0.337 e. The van der Waals surface area contributed by atoms with Crippen LogP contribution in [0, 0.1) is 11.3 Å². The zero-order chi connectivity index (χ0) is 22.5. The maximum Gasteiger partial charge on any atom is 0.337 e. The number of amides is 1. The summed E-state index contributed by atoms with van der Waals surface area (Å²) in [5.74, 6) is -1.60. The fourth-order valence-electron chi connectivity index (χ4n) is 3.81. The summed E-state index contributed by atoms with van der Waals surface area (Å²) in [5, 5.41) is 22.2. The number of aryl methyl sites for hydroxylation is 2. The van der Waals surface area contributed by atoms with Crippen LogP contribution in [0.1, 0.15) is 38.4 Å². The first-order chi connectivity index (χ1) is 15.6. The van der Waals surface area contributed by atoms with Crippen LogP contribution < -0.4 is 5.32 Å². The molecule has 0 unspecified atom stereocenters. The van der Waals surface area contributed by atoms with E-state index in [9.17, 15) is 14.7 Å². The van der Waals surface area contributed by atoms with Gasteiger partial charge in [-0.3, -0.25) is 4.79 Å². The summed E-state index contributed by atoms with van der Waals surface area (Å²) in [6, 6.07) is 25.9. The van der Waals surface area contributed by atoms with Crippen molar-refractivity contribution >= 4 is 28.5 Å². The van der Waals surface area contributed by atoms with Gasteiger partial charge in [0, 0.05) is 17.4 Å². The van der Waals surface area contributed by atoms with E-state index in [1.54, 1.807) is 0 Å². The van der Waals surface area contributed by atoms with Crippen LogP contribution in [0.2, 0.25) is 0 Å². The zero-order valence-electron chi connectivity index (χ0n) is 17.3. The minimum atomic E-state index is -1.21. The summed E-state index contributed by atoms with van der Waals surface area (Å²) >= 11 is 0. The van der Waals surface area contributed by atoms with E-state index in [-0.39, 0.29) is 16.8 Å². The highest BCUT2D eigenvalue weighted by Crippen LogP contribution is 2.23. The number of aromatic carboxylic acids is 1. The molecule has 4 aromatic rings. The molecule has 0 aliphatic carbocycles. The predicted octanol–water partition coefficient (Wildman–Crippen LogP) is 5.10. The van der Waals surface area contributed by atoms with Crippen LogP contribution in [0.5, 0.6) is 0 Å². The predicted molar refractivity (Wildman–Crippen MR) is 123 cm³/mol. The van der Waals surface area contributed by atoms with Crippen LogP contribution in [0.25, 0.3) is 10.9 Å². The van der Waals surface area contributed by atoms with E-state index in [4.69, 9.17) is 5.26 Å². The number of hydrogen-bond acceptors (Lipinski definition) is 3. The molecule has 0 radical (unpaired) electrons. The van der Waals surface area contributed by atoms with Crippen molar-refractivity contribution in [3.63, 3.8) is 0 Å². The Kier molecular flexibility index (Phi) is 6.00. The molecule has 0 spiro atoms. The number of carboxylic acids is 1. The number of hydrogen-bond donors (Lipinski definition) is 2. The number of carboxylic acid groups (broad SMARTS) is 1. The van der Waals surface area contributed by atoms with Crippen molar-refractivity contribution in [1.82, 2.24) is 4.57 Å². The lowest BCUT2D eigenvalue weighted by molar-refractivity contribution is 0.0698. The molecule has 0 aliphatic heterocycles. The molecular weight excluding hydrogens is 402 g/mol. The molecule has 0 aliphatic rings. The molecule has 1 aromatic heterocycles. The van der Waals surface area contributed by atoms with Crippen LogP contribution in [-0.4, -0.2) is 21.6 Å². The molecule has 3 aromatic carbocycles. The topological polar surface area (TPSA) is 95.1 Å². The second kappa shape index (κ2) is 9.19. The normalized spacial score (nSPS) is 10.6. The van der Waals surface area contributed by atoms with Crippen LogP contribution in [0.15, 0.2) is 78.9 Å². The van der Waals surface area contributed by atoms with Gasteiger partial charge < -0.3 is 15.0 Å². The third-order valence-electron chi connectivity index (χ3n) is 5.36. The molecule has 2 N–H and O–H groups in total. The molecule has 6 nitrogen and oxygen atoms in total. The molecule has 6 heteroatoms. The van der Waals surface area contributed by atoms with Crippen molar-refractivity contribution in [3.8, 4) is 6.07 Å². The monoisotopic (exact) mass is 423 g/mol. The Balaban J connectivity index is 1.62. The van der Waals surface area contributed by atoms with Gasteiger partial charge in [-0.1, -0.05) is 48.5 Å². The number of benzene rings is 3. The molecular formula is C26H21N3O3. The minimum absolute atomic E-state index is 0.121. The van der Waals surface area contributed by atoms with Crippen molar-refractivity contribution in [2.75, 3.05) is 5.32 Å². The van der Waals surface area contributed by atoms with Crippen molar-refractivity contribution in [2.45, 2.75) is 19.4 Å². The van der Waals surface area contributed by atoms with Crippen LogP contribution in [0.3, 0.4) is 0 Å². The zero-order valence-corrected chi connectivity index (χ0v) is 17.3. The van der Waals surface area contributed by atoms with Gasteiger partial charge in [-0.15, -0.1) is 0 Å². The van der Waals surface area contributed by atoms with E-state index in [0.29, 0.717) is 12.2 Å². The van der Waals surface area contributed by atoms with Crippen molar-refractivity contribution < 1.29 is 14.7 Å². The summed E-state index contributed by atoms with van der Waals surface area (Å²) < 4.78 is 1.97. The van der Waals surface area contributed by atoms with Gasteiger partial charge >= 0.3 is 5.97 Å². The number of nitrogens with zero attached hydrogens (tertiary/aromatic N) is 2. The third-order valence-corrected chi connectivity index (χ3v) is 5.36. The van der Waals surface area contributed by atoms with Gasteiger partial charge in [-0.25, -0.2) is 4.79 Å². The Morgan fingerprint density at radius 3 is 2.47 bits per heavy atom. The van der Waals surface area contributed by atoms with Crippen LogP contribution in [-0.2, 0) is 13.0 Å². The number of anilines is 1. The summed E-state index contributed by atoms with van der Waals surface area (Å²) in [4.78, 5) is 24.8. The van der Waals surface area contributed by atoms with E-state index in [1.807, 2.05) is 59.2 Å². The van der Waals surface area contributed by atoms with Gasteiger partial charge in [0.2, 0.25) is 0 Å². The van der Waals surface area contributed by atoms with Crippen LogP contribution >= 0.6 is 0 Å². The van der Waals surface area contributed by atoms with E-state index in [1.165, 1.54) is 23.8 Å². The highest BCUT2D eigenvalue weighted by atomic mass is 16.4. The molecule has 0 saturated carbocycles. The van der Waals surface area contributed by atoms with Gasteiger partial charge in [0.05, 0.1) is 22.9 Å². The molecule has 0 saturated heterocycles. The fourth-order valence-corrected chi connectivity index (χ4v) is 3.81. The standard InChI is InChI=1S/C26H21N3O3/c27-17-19-12-13-22(21(15-19)26(31)32)28-25(30)24-16-20-10-4-5-11-23(20)29(24)14-6-9-18-7-2-1-3-8-18/h1-5,7-8,10-13,15-16H,6,9,14H2,(H,28,30)(H,31,32). The fraction of sp³-hybridized carbons (Fsp3) is 0.115. The first-order valence-electron chi connectivity index (χ1n) is 10.3. The largest absolute Gasteiger partial charge is 0.478 e. The molecule has 0 atom stereocenters. The van der Waals surface area contributed by atoms with E-state index in [2.05, 4.69) is 17.4 Å². The highest BCUT2D eigenvalue weighted by molar-refractivity contribution is 6.09. The minimum Gasteiger partial charge on any atom is -0.478 e. The van der Waals surface area contributed by atoms with E-state index in [0.717, 1.165) is 23.7 Å². The average Bonchev–Trinajstić information content (AvgIpc) is 3.19. The van der Waals surface area contributed by atoms with Crippen molar-refractivity contribution in [2.24, 2.45) is 0 Å². The molecule has 32 heavy (non-hydrogen) atoms. The van der Waals surface area contributed by atoms with Gasteiger partial charge in [0.15, 0.2) is 0 Å². The second-order valence-electron chi connectivity index (χ2n) is 7.46. The van der Waals surface area contributed by atoms with Gasteiger partial charge in [0.25, 0.3) is 5.91 Å². The van der Waals surface area contributed by atoms with Gasteiger partial charge in [0.1, 0.15) is 5.69 Å². The lowest BCUT2D eigenvalue weighted by Gasteiger charge is -2.13.